The maximum absolute atomic E-state index is 11.4. The van der Waals surface area contributed by atoms with E-state index in [2.05, 4.69) is 29.7 Å². The molecule has 0 unspecified atom stereocenters. The molecule has 3 heteroatoms. The minimum Gasteiger partial charge on any atom is -0.385 e. The first-order chi connectivity index (χ1) is 8.11. The third-order valence-electron chi connectivity index (χ3n) is 2.47. The van der Waals surface area contributed by atoms with E-state index in [-0.39, 0.29) is 11.9 Å². The molecular weight excluding hydrogens is 212 g/mol. The summed E-state index contributed by atoms with van der Waals surface area (Å²) in [6.07, 6.45) is 1.54. The molecule has 0 bridgehead atoms. The van der Waals surface area contributed by atoms with Gasteiger partial charge in [0.1, 0.15) is 0 Å². The summed E-state index contributed by atoms with van der Waals surface area (Å²) >= 11 is 0. The lowest BCUT2D eigenvalue weighted by Gasteiger charge is -2.10. The van der Waals surface area contributed by atoms with Crippen molar-refractivity contribution in [1.82, 2.24) is 5.32 Å². The van der Waals surface area contributed by atoms with Crippen LogP contribution in [0.25, 0.3) is 0 Å². The highest BCUT2D eigenvalue weighted by Crippen LogP contribution is 2.10. The highest BCUT2D eigenvalue weighted by atomic mass is 16.1. The Kier molecular flexibility index (Phi) is 5.53. The van der Waals surface area contributed by atoms with Gasteiger partial charge in [-0.15, -0.1) is 0 Å². The number of rotatable bonds is 6. The van der Waals surface area contributed by atoms with Crippen molar-refractivity contribution in [2.45, 2.75) is 39.7 Å². The van der Waals surface area contributed by atoms with Gasteiger partial charge in [-0.3, -0.25) is 4.79 Å². The average Bonchev–Trinajstić information content (AvgIpc) is 2.28. The van der Waals surface area contributed by atoms with E-state index in [4.69, 9.17) is 0 Å². The predicted octanol–water partition coefficient (Wildman–Crippen LogP) is 2.58. The summed E-state index contributed by atoms with van der Waals surface area (Å²) in [5, 5.41) is 6.14. The van der Waals surface area contributed by atoms with E-state index >= 15 is 0 Å². The van der Waals surface area contributed by atoms with E-state index in [0.717, 1.165) is 12.1 Å². The highest BCUT2D eigenvalue weighted by molar-refractivity contribution is 5.76. The van der Waals surface area contributed by atoms with Crippen molar-refractivity contribution < 1.29 is 4.79 Å². The van der Waals surface area contributed by atoms with Crippen LogP contribution in [0, 0.1) is 0 Å². The first kappa shape index (κ1) is 13.6. The van der Waals surface area contributed by atoms with Gasteiger partial charge in [-0.25, -0.2) is 0 Å². The van der Waals surface area contributed by atoms with E-state index < -0.39 is 0 Å². The van der Waals surface area contributed by atoms with Gasteiger partial charge in [0.05, 0.1) is 0 Å². The smallest absolute Gasteiger partial charge is 0.221 e. The predicted molar refractivity (Wildman–Crippen MR) is 72.2 cm³/mol. The Hall–Kier alpha value is -1.51. The van der Waals surface area contributed by atoms with Gasteiger partial charge in [-0.2, -0.15) is 0 Å². The fourth-order valence-corrected chi connectivity index (χ4v) is 1.62. The molecule has 0 heterocycles. The standard InChI is InChI=1S/C14H22N2O/c1-4-12-6-5-7-13(10-12)15-9-8-14(17)16-11(2)3/h5-7,10-11,15H,4,8-9H2,1-3H3,(H,16,17). The first-order valence-corrected chi connectivity index (χ1v) is 6.24. The third-order valence-corrected chi connectivity index (χ3v) is 2.47. The maximum atomic E-state index is 11.4. The van der Waals surface area contributed by atoms with E-state index in [1.807, 2.05) is 26.0 Å². The summed E-state index contributed by atoms with van der Waals surface area (Å²) < 4.78 is 0. The number of nitrogens with one attached hydrogen (secondary N) is 2. The zero-order chi connectivity index (χ0) is 12.7. The van der Waals surface area contributed by atoms with Crippen LogP contribution in [-0.2, 0) is 11.2 Å². The molecule has 0 aliphatic heterocycles. The van der Waals surface area contributed by atoms with Crippen LogP contribution in [0.5, 0.6) is 0 Å². The van der Waals surface area contributed by atoms with Gasteiger partial charge < -0.3 is 10.6 Å². The summed E-state index contributed by atoms with van der Waals surface area (Å²) in [6.45, 7) is 6.74. The molecule has 0 aliphatic carbocycles. The number of hydrogen-bond donors (Lipinski definition) is 2. The van der Waals surface area contributed by atoms with Gasteiger partial charge in [-0.05, 0) is 38.0 Å². The van der Waals surface area contributed by atoms with Crippen molar-refractivity contribution in [2.75, 3.05) is 11.9 Å². The van der Waals surface area contributed by atoms with Gasteiger partial charge in [0.15, 0.2) is 0 Å². The second-order valence-electron chi connectivity index (χ2n) is 4.45. The van der Waals surface area contributed by atoms with Crippen LogP contribution in [0.15, 0.2) is 24.3 Å². The minimum atomic E-state index is 0.0964. The van der Waals surface area contributed by atoms with Crippen LogP contribution in [-0.4, -0.2) is 18.5 Å². The zero-order valence-electron chi connectivity index (χ0n) is 10.9. The third kappa shape index (κ3) is 5.38. The Morgan fingerprint density at radius 2 is 2.12 bits per heavy atom. The second kappa shape index (κ2) is 6.94. The van der Waals surface area contributed by atoms with E-state index in [9.17, 15) is 4.79 Å². The summed E-state index contributed by atoms with van der Waals surface area (Å²) in [5.74, 6) is 0.0964. The molecule has 94 valence electrons. The van der Waals surface area contributed by atoms with Gasteiger partial charge >= 0.3 is 0 Å². The average molecular weight is 234 g/mol. The Labute approximate surface area is 104 Å². The molecular formula is C14H22N2O. The van der Waals surface area contributed by atoms with Crippen molar-refractivity contribution in [1.29, 1.82) is 0 Å². The fourth-order valence-electron chi connectivity index (χ4n) is 1.62. The fraction of sp³-hybridized carbons (Fsp3) is 0.500. The highest BCUT2D eigenvalue weighted by Gasteiger charge is 2.02. The summed E-state index contributed by atoms with van der Waals surface area (Å²) in [4.78, 5) is 11.4. The minimum absolute atomic E-state index is 0.0964. The number of anilines is 1. The molecule has 0 atom stereocenters. The van der Waals surface area contributed by atoms with Crippen molar-refractivity contribution in [3.05, 3.63) is 29.8 Å². The second-order valence-corrected chi connectivity index (χ2v) is 4.45. The molecule has 0 radical (unpaired) electrons. The summed E-state index contributed by atoms with van der Waals surface area (Å²) in [6, 6.07) is 8.51. The number of hydrogen-bond acceptors (Lipinski definition) is 2. The van der Waals surface area contributed by atoms with Gasteiger partial charge in [0, 0.05) is 24.7 Å². The Bertz CT molecular complexity index is 361. The van der Waals surface area contributed by atoms with Crippen molar-refractivity contribution in [2.24, 2.45) is 0 Å². The molecule has 1 aromatic carbocycles. The van der Waals surface area contributed by atoms with E-state index in [1.165, 1.54) is 5.56 Å². The number of benzene rings is 1. The molecule has 1 rings (SSSR count). The lowest BCUT2D eigenvalue weighted by Crippen LogP contribution is -2.31. The van der Waals surface area contributed by atoms with Crippen molar-refractivity contribution >= 4 is 11.6 Å². The van der Waals surface area contributed by atoms with E-state index in [0.29, 0.717) is 13.0 Å². The quantitative estimate of drug-likeness (QED) is 0.794. The monoisotopic (exact) mass is 234 g/mol. The lowest BCUT2D eigenvalue weighted by molar-refractivity contribution is -0.121. The molecule has 3 nitrogen and oxygen atoms in total. The van der Waals surface area contributed by atoms with Gasteiger partial charge in [0.25, 0.3) is 0 Å². The SMILES string of the molecule is CCc1cccc(NCCC(=O)NC(C)C)c1. The van der Waals surface area contributed by atoms with Crippen LogP contribution in [0.1, 0.15) is 32.8 Å². The summed E-state index contributed by atoms with van der Waals surface area (Å²) in [7, 11) is 0. The molecule has 0 fully saturated rings. The summed E-state index contributed by atoms with van der Waals surface area (Å²) in [5.41, 5.74) is 2.39. The van der Waals surface area contributed by atoms with Crippen LogP contribution >= 0.6 is 0 Å². The molecule has 2 N–H and O–H groups in total. The first-order valence-electron chi connectivity index (χ1n) is 6.24. The van der Waals surface area contributed by atoms with E-state index in [1.54, 1.807) is 0 Å². The topological polar surface area (TPSA) is 41.1 Å². The van der Waals surface area contributed by atoms with Crippen LogP contribution < -0.4 is 10.6 Å². The molecule has 0 aromatic heterocycles. The van der Waals surface area contributed by atoms with Crippen molar-refractivity contribution in [3.63, 3.8) is 0 Å². The maximum Gasteiger partial charge on any atom is 0.221 e. The van der Waals surface area contributed by atoms with Gasteiger partial charge in [0.2, 0.25) is 5.91 Å². The number of carbonyl (C=O) groups is 1. The number of carbonyl (C=O) groups excluding carboxylic acids is 1. The molecule has 0 saturated heterocycles. The molecule has 0 aliphatic rings. The van der Waals surface area contributed by atoms with Gasteiger partial charge in [-0.1, -0.05) is 19.1 Å². The Morgan fingerprint density at radius 1 is 1.35 bits per heavy atom. The largest absolute Gasteiger partial charge is 0.385 e. The van der Waals surface area contributed by atoms with Crippen molar-refractivity contribution in [3.8, 4) is 0 Å². The zero-order valence-corrected chi connectivity index (χ0v) is 10.9. The van der Waals surface area contributed by atoms with Crippen LogP contribution in [0.4, 0.5) is 5.69 Å². The molecule has 1 amide bonds. The normalized spacial score (nSPS) is 10.4. The Morgan fingerprint density at radius 3 is 2.76 bits per heavy atom. The Balaban J connectivity index is 2.32. The molecule has 17 heavy (non-hydrogen) atoms. The number of amides is 1. The van der Waals surface area contributed by atoms with Crippen LogP contribution in [0.3, 0.4) is 0 Å². The molecule has 1 aromatic rings. The molecule has 0 saturated carbocycles. The van der Waals surface area contributed by atoms with Crippen LogP contribution in [0.2, 0.25) is 0 Å². The number of aryl methyl sites for hydroxylation is 1. The lowest BCUT2D eigenvalue weighted by atomic mass is 10.1. The molecule has 0 spiro atoms.